The van der Waals surface area contributed by atoms with Gasteiger partial charge in [-0.3, -0.25) is 0 Å². The molecule has 2 aromatic rings. The molecule has 0 radical (unpaired) electrons. The van der Waals surface area contributed by atoms with Gasteiger partial charge in [0.2, 0.25) is 0 Å². The molecule has 0 spiro atoms. The second-order valence-corrected chi connectivity index (χ2v) is 2.86. The van der Waals surface area contributed by atoms with Gasteiger partial charge < -0.3 is 5.32 Å². The maximum Gasteiger partial charge on any atom is 0.0384 e. The van der Waals surface area contributed by atoms with Crippen molar-refractivity contribution < 1.29 is 0 Å². The molecule has 1 N–H and O–H groups in total. The van der Waals surface area contributed by atoms with Crippen molar-refractivity contribution in [3.8, 4) is 0 Å². The first-order chi connectivity index (χ1) is 7.45. The van der Waals surface area contributed by atoms with Crippen LogP contribution in [0.3, 0.4) is 0 Å². The van der Waals surface area contributed by atoms with Gasteiger partial charge in [0.25, 0.3) is 0 Å². The molecule has 76 valence electrons. The van der Waals surface area contributed by atoms with E-state index in [4.69, 9.17) is 0 Å². The highest BCUT2D eigenvalue weighted by atomic mass is 14.9. The number of nitrogens with one attached hydrogen (secondary N) is 1. The molecule has 0 aliphatic rings. The van der Waals surface area contributed by atoms with Crippen LogP contribution in [0.4, 0.5) is 11.4 Å². The molecule has 1 heteroatoms. The van der Waals surface area contributed by atoms with Crippen molar-refractivity contribution in [1.82, 2.24) is 0 Å². The molecule has 0 aliphatic heterocycles. The maximum absolute atomic E-state index is 3.30. The summed E-state index contributed by atoms with van der Waals surface area (Å²) in [5.41, 5.74) is 2.24. The summed E-state index contributed by atoms with van der Waals surface area (Å²) in [7, 11) is 0. The Bertz CT molecular complexity index is 330. The number of anilines is 2. The van der Waals surface area contributed by atoms with Crippen LogP contribution in [-0.4, -0.2) is 0 Å². The number of para-hydroxylation sites is 2. The molecular weight excluding hydrogens is 182 g/mol. The van der Waals surface area contributed by atoms with E-state index in [1.807, 2.05) is 60.7 Å². The van der Waals surface area contributed by atoms with Crippen molar-refractivity contribution in [3.63, 3.8) is 0 Å². The van der Waals surface area contributed by atoms with Gasteiger partial charge in [0.1, 0.15) is 0 Å². The van der Waals surface area contributed by atoms with E-state index in [2.05, 4.69) is 18.5 Å². The van der Waals surface area contributed by atoms with Crippen LogP contribution in [0.5, 0.6) is 0 Å². The highest BCUT2D eigenvalue weighted by molar-refractivity contribution is 5.58. The van der Waals surface area contributed by atoms with Crippen LogP contribution in [0.1, 0.15) is 0 Å². The van der Waals surface area contributed by atoms with Crippen molar-refractivity contribution >= 4 is 11.4 Å². The van der Waals surface area contributed by atoms with Gasteiger partial charge in [-0.05, 0) is 24.3 Å². The minimum absolute atomic E-state index is 1.12. The first kappa shape index (κ1) is 11.1. The number of benzene rings is 2. The Morgan fingerprint density at radius 1 is 0.600 bits per heavy atom. The Balaban J connectivity index is 0.000000531. The van der Waals surface area contributed by atoms with Gasteiger partial charge in [-0.2, -0.15) is 0 Å². The Labute approximate surface area is 91.1 Å². The van der Waals surface area contributed by atoms with Crippen molar-refractivity contribution in [2.45, 2.75) is 0 Å². The second-order valence-electron chi connectivity index (χ2n) is 2.86. The average molecular weight is 197 g/mol. The minimum atomic E-state index is 1.12. The summed E-state index contributed by atoms with van der Waals surface area (Å²) in [5.74, 6) is 0. The molecule has 0 atom stereocenters. The number of hydrogen-bond acceptors (Lipinski definition) is 1. The van der Waals surface area contributed by atoms with E-state index in [0.29, 0.717) is 0 Å². The summed E-state index contributed by atoms with van der Waals surface area (Å²) < 4.78 is 0. The monoisotopic (exact) mass is 197 g/mol. The summed E-state index contributed by atoms with van der Waals surface area (Å²) >= 11 is 0. The predicted octanol–water partition coefficient (Wildman–Crippen LogP) is 4.23. The van der Waals surface area contributed by atoms with E-state index in [9.17, 15) is 0 Å². The smallest absolute Gasteiger partial charge is 0.0384 e. The average Bonchev–Trinajstić information content (AvgIpc) is 2.34. The van der Waals surface area contributed by atoms with E-state index >= 15 is 0 Å². The van der Waals surface area contributed by atoms with E-state index in [0.717, 1.165) is 11.4 Å². The van der Waals surface area contributed by atoms with E-state index in [1.165, 1.54) is 0 Å². The lowest BCUT2D eigenvalue weighted by Crippen LogP contribution is -1.87. The lowest BCUT2D eigenvalue weighted by molar-refractivity contribution is 1.55. The molecule has 0 saturated heterocycles. The lowest BCUT2D eigenvalue weighted by Gasteiger charge is -2.04. The van der Waals surface area contributed by atoms with E-state index < -0.39 is 0 Å². The molecule has 0 saturated carbocycles. The molecule has 15 heavy (non-hydrogen) atoms. The van der Waals surface area contributed by atoms with Crippen LogP contribution in [-0.2, 0) is 0 Å². The maximum atomic E-state index is 3.30. The molecule has 0 fully saturated rings. The number of rotatable bonds is 2. The van der Waals surface area contributed by atoms with Crippen molar-refractivity contribution in [1.29, 1.82) is 0 Å². The Morgan fingerprint density at radius 2 is 0.933 bits per heavy atom. The molecule has 0 unspecified atom stereocenters. The van der Waals surface area contributed by atoms with Gasteiger partial charge in [-0.15, -0.1) is 13.2 Å². The quantitative estimate of drug-likeness (QED) is 0.710. The standard InChI is InChI=1S/C12H11N.C2H4/c1-3-7-11(8-4-1)13-12-9-5-2-6-10-12;1-2/h1-10,13H;1-2H2. The van der Waals surface area contributed by atoms with Crippen LogP contribution in [0.25, 0.3) is 0 Å². The fourth-order valence-corrected chi connectivity index (χ4v) is 1.21. The predicted molar refractivity (Wildman–Crippen MR) is 67.4 cm³/mol. The molecule has 0 bridgehead atoms. The zero-order valence-corrected chi connectivity index (χ0v) is 8.69. The Kier molecular flexibility index (Phi) is 4.74. The molecule has 1 nitrogen and oxygen atoms in total. The molecule has 0 aliphatic carbocycles. The second kappa shape index (κ2) is 6.44. The minimum Gasteiger partial charge on any atom is -0.356 e. The van der Waals surface area contributed by atoms with Crippen molar-refractivity contribution in [3.05, 3.63) is 73.8 Å². The largest absolute Gasteiger partial charge is 0.356 e. The van der Waals surface area contributed by atoms with Crippen LogP contribution >= 0.6 is 0 Å². The van der Waals surface area contributed by atoms with Gasteiger partial charge >= 0.3 is 0 Å². The van der Waals surface area contributed by atoms with Crippen LogP contribution < -0.4 is 5.32 Å². The van der Waals surface area contributed by atoms with Gasteiger partial charge in [-0.25, -0.2) is 0 Å². The van der Waals surface area contributed by atoms with Gasteiger partial charge in [0.15, 0.2) is 0 Å². The fourth-order valence-electron chi connectivity index (χ4n) is 1.21. The molecule has 0 heterocycles. The summed E-state index contributed by atoms with van der Waals surface area (Å²) in [5, 5.41) is 3.30. The molecule has 2 aromatic carbocycles. The molecule has 2 rings (SSSR count). The normalized spacial score (nSPS) is 8.53. The van der Waals surface area contributed by atoms with Crippen LogP contribution in [0, 0.1) is 0 Å². The summed E-state index contributed by atoms with van der Waals surface area (Å²) in [6.07, 6.45) is 0. The summed E-state index contributed by atoms with van der Waals surface area (Å²) in [6.45, 7) is 6.00. The van der Waals surface area contributed by atoms with Crippen molar-refractivity contribution in [2.75, 3.05) is 5.32 Å². The summed E-state index contributed by atoms with van der Waals surface area (Å²) in [6, 6.07) is 20.3. The lowest BCUT2D eigenvalue weighted by atomic mass is 10.3. The van der Waals surface area contributed by atoms with E-state index in [-0.39, 0.29) is 0 Å². The van der Waals surface area contributed by atoms with Crippen LogP contribution in [0.2, 0.25) is 0 Å². The highest BCUT2D eigenvalue weighted by Gasteiger charge is 1.89. The summed E-state index contributed by atoms with van der Waals surface area (Å²) in [4.78, 5) is 0. The molecule has 0 aromatic heterocycles. The molecule has 0 amide bonds. The third-order valence-electron chi connectivity index (χ3n) is 1.84. The first-order valence-corrected chi connectivity index (χ1v) is 4.82. The van der Waals surface area contributed by atoms with Gasteiger partial charge in [0, 0.05) is 11.4 Å². The molecular formula is C14H15N. The zero-order valence-electron chi connectivity index (χ0n) is 8.69. The SMILES string of the molecule is C=C.c1ccc(Nc2ccccc2)cc1. The van der Waals surface area contributed by atoms with Crippen molar-refractivity contribution in [2.24, 2.45) is 0 Å². The third kappa shape index (κ3) is 3.69. The first-order valence-electron chi connectivity index (χ1n) is 4.82. The van der Waals surface area contributed by atoms with Crippen LogP contribution in [0.15, 0.2) is 73.8 Å². The van der Waals surface area contributed by atoms with E-state index in [1.54, 1.807) is 0 Å². The Morgan fingerprint density at radius 3 is 1.27 bits per heavy atom. The highest BCUT2D eigenvalue weighted by Crippen LogP contribution is 2.14. The topological polar surface area (TPSA) is 12.0 Å². The van der Waals surface area contributed by atoms with Gasteiger partial charge in [-0.1, -0.05) is 36.4 Å². The van der Waals surface area contributed by atoms with Gasteiger partial charge in [0.05, 0.1) is 0 Å². The third-order valence-corrected chi connectivity index (χ3v) is 1.84. The number of hydrogen-bond donors (Lipinski definition) is 1. The Hall–Kier alpha value is -2.02. The zero-order chi connectivity index (χ0) is 10.9. The fraction of sp³-hybridized carbons (Fsp3) is 0.